The lowest BCUT2D eigenvalue weighted by Crippen LogP contribution is -1.93. The molecule has 0 aliphatic rings. The highest BCUT2D eigenvalue weighted by Crippen LogP contribution is 2.46. The van der Waals surface area contributed by atoms with E-state index in [-0.39, 0.29) is 11.4 Å². The van der Waals surface area contributed by atoms with E-state index in [0.717, 1.165) is 30.6 Å². The van der Waals surface area contributed by atoms with Gasteiger partial charge in [0.05, 0.1) is 30.6 Å². The Hall–Kier alpha value is -3.96. The van der Waals surface area contributed by atoms with Gasteiger partial charge in [0.1, 0.15) is 35.1 Å². The Morgan fingerprint density at radius 3 is 2.11 bits per heavy atom. The summed E-state index contributed by atoms with van der Waals surface area (Å²) in [6, 6.07) is 10.8. The largest absolute Gasteiger partial charge is 0.340 e. The molecule has 0 bridgehead atoms. The SMILES string of the molecule is Cn1c(N=C(C#N)C#N)cc2sc3c4sc(N=C(C#N)C#N)cc4n(C)c3c21. The van der Waals surface area contributed by atoms with Crippen molar-refractivity contribution < 1.29 is 0 Å². The number of aryl methyl sites for hydroxylation is 2. The summed E-state index contributed by atoms with van der Waals surface area (Å²) in [5.41, 5.74) is 2.60. The average molecular weight is 400 g/mol. The van der Waals surface area contributed by atoms with E-state index in [4.69, 9.17) is 21.0 Å². The smallest absolute Gasteiger partial charge is 0.219 e. The van der Waals surface area contributed by atoms with E-state index >= 15 is 0 Å². The fraction of sp³-hybridized carbons (Fsp3) is 0.111. The van der Waals surface area contributed by atoms with Crippen LogP contribution >= 0.6 is 22.7 Å². The molecule has 0 aromatic carbocycles. The van der Waals surface area contributed by atoms with E-state index in [9.17, 15) is 0 Å². The molecule has 0 atom stereocenters. The number of rotatable bonds is 2. The minimum atomic E-state index is -0.189. The van der Waals surface area contributed by atoms with Crippen molar-refractivity contribution >= 4 is 75.6 Å². The zero-order valence-corrected chi connectivity index (χ0v) is 16.2. The van der Waals surface area contributed by atoms with Gasteiger partial charge in [0, 0.05) is 20.2 Å². The summed E-state index contributed by atoms with van der Waals surface area (Å²) >= 11 is 3.02. The lowest BCUT2D eigenvalue weighted by atomic mass is 10.4. The fourth-order valence-corrected chi connectivity index (χ4v) is 5.58. The van der Waals surface area contributed by atoms with Gasteiger partial charge in [-0.2, -0.15) is 21.0 Å². The van der Waals surface area contributed by atoms with Gasteiger partial charge in [-0.05, 0) is 6.07 Å². The molecule has 4 heterocycles. The summed E-state index contributed by atoms with van der Waals surface area (Å²) in [5, 5.41) is 36.3. The van der Waals surface area contributed by atoms with Gasteiger partial charge in [-0.15, -0.1) is 22.7 Å². The van der Waals surface area contributed by atoms with Crippen molar-refractivity contribution in [1.29, 1.82) is 21.0 Å². The molecule has 28 heavy (non-hydrogen) atoms. The Balaban J connectivity index is 1.98. The topological polar surface area (TPSA) is 130 Å². The maximum atomic E-state index is 8.95. The number of fused-ring (bicyclic) bond motifs is 5. The van der Waals surface area contributed by atoms with Gasteiger partial charge in [-0.1, -0.05) is 0 Å². The summed E-state index contributed by atoms with van der Waals surface area (Å²) in [6.07, 6.45) is 0. The Morgan fingerprint density at radius 2 is 1.46 bits per heavy atom. The molecule has 0 amide bonds. The standard InChI is InChI=1S/C18H8N8S2/c1-25-11-3-14(24-10(7-21)8-22)28-17(11)18-16(25)15-12(27-18)4-13(26(15)2)23-9(5-19)6-20/h3-4H,1-2H3. The minimum absolute atomic E-state index is 0.174. The summed E-state index contributed by atoms with van der Waals surface area (Å²) < 4.78 is 7.02. The number of hydrogen-bond donors (Lipinski definition) is 0. The van der Waals surface area contributed by atoms with E-state index in [1.165, 1.54) is 11.3 Å². The van der Waals surface area contributed by atoms with Gasteiger partial charge in [-0.3, -0.25) is 0 Å². The predicted molar refractivity (Wildman–Crippen MR) is 109 cm³/mol. The molecule has 0 unspecified atom stereocenters. The van der Waals surface area contributed by atoms with E-state index in [1.54, 1.807) is 35.6 Å². The molecule has 0 N–H and O–H groups in total. The van der Waals surface area contributed by atoms with E-state index in [2.05, 4.69) is 9.98 Å². The van der Waals surface area contributed by atoms with Crippen LogP contribution in [0.25, 0.3) is 30.6 Å². The molecule has 4 rings (SSSR count). The van der Waals surface area contributed by atoms with E-state index < -0.39 is 0 Å². The Labute approximate surface area is 166 Å². The molecule has 10 heteroatoms. The van der Waals surface area contributed by atoms with Crippen LogP contribution in [0.15, 0.2) is 22.1 Å². The van der Waals surface area contributed by atoms with Crippen LogP contribution in [0.3, 0.4) is 0 Å². The monoisotopic (exact) mass is 400 g/mol. The predicted octanol–water partition coefficient (Wildman–Crippen LogP) is 4.19. The highest BCUT2D eigenvalue weighted by atomic mass is 32.1. The lowest BCUT2D eigenvalue weighted by Gasteiger charge is -2.00. The number of nitriles is 4. The van der Waals surface area contributed by atoms with E-state index in [0.29, 0.717) is 10.8 Å². The first-order valence-corrected chi connectivity index (χ1v) is 9.43. The maximum Gasteiger partial charge on any atom is 0.219 e. The van der Waals surface area contributed by atoms with Crippen molar-refractivity contribution in [1.82, 2.24) is 9.13 Å². The minimum Gasteiger partial charge on any atom is -0.340 e. The molecule has 4 aromatic heterocycles. The van der Waals surface area contributed by atoms with Crippen LogP contribution in [0.4, 0.5) is 10.8 Å². The first kappa shape index (κ1) is 17.5. The van der Waals surface area contributed by atoms with Gasteiger partial charge < -0.3 is 9.13 Å². The molecular weight excluding hydrogens is 392 g/mol. The Bertz CT molecular complexity index is 1490. The zero-order valence-electron chi connectivity index (χ0n) is 14.5. The van der Waals surface area contributed by atoms with Crippen LogP contribution in [0.1, 0.15) is 0 Å². The second kappa shape index (κ2) is 6.33. The molecule has 0 saturated heterocycles. The third-order valence-corrected chi connectivity index (χ3v) is 6.60. The van der Waals surface area contributed by atoms with Crippen LogP contribution < -0.4 is 0 Å². The fourth-order valence-electron chi connectivity index (χ4n) is 3.08. The molecule has 0 radical (unpaired) electrons. The number of hydrogen-bond acceptors (Lipinski definition) is 8. The van der Waals surface area contributed by atoms with Crippen molar-refractivity contribution in [3.63, 3.8) is 0 Å². The number of aromatic nitrogens is 2. The molecule has 0 spiro atoms. The third-order valence-electron chi connectivity index (χ3n) is 4.30. The summed E-state index contributed by atoms with van der Waals surface area (Å²) in [7, 11) is 3.79. The van der Waals surface area contributed by atoms with Gasteiger partial charge >= 0.3 is 0 Å². The Kier molecular flexibility index (Phi) is 3.95. The second-order valence-corrected chi connectivity index (χ2v) is 7.86. The van der Waals surface area contributed by atoms with Crippen LogP contribution in [0.2, 0.25) is 0 Å². The van der Waals surface area contributed by atoms with Crippen molar-refractivity contribution in [2.75, 3.05) is 0 Å². The van der Waals surface area contributed by atoms with Gasteiger partial charge in [0.2, 0.25) is 11.4 Å². The van der Waals surface area contributed by atoms with Crippen molar-refractivity contribution in [3.05, 3.63) is 12.1 Å². The zero-order chi connectivity index (χ0) is 20.0. The molecule has 132 valence electrons. The highest BCUT2D eigenvalue weighted by Gasteiger charge is 2.21. The van der Waals surface area contributed by atoms with Crippen LogP contribution in [-0.2, 0) is 14.1 Å². The van der Waals surface area contributed by atoms with Crippen LogP contribution in [-0.4, -0.2) is 20.6 Å². The number of nitrogens with zero attached hydrogens (tertiary/aromatic N) is 8. The van der Waals surface area contributed by atoms with Crippen molar-refractivity contribution in [2.24, 2.45) is 24.1 Å². The molecule has 0 aliphatic heterocycles. The van der Waals surface area contributed by atoms with Gasteiger partial charge in [-0.25, -0.2) is 9.98 Å². The normalized spacial score (nSPS) is 10.4. The first-order valence-electron chi connectivity index (χ1n) is 7.80. The molecule has 0 aliphatic carbocycles. The first-order chi connectivity index (χ1) is 13.5. The lowest BCUT2D eigenvalue weighted by molar-refractivity contribution is 0.956. The number of aliphatic imine (C=N–C) groups is 2. The van der Waals surface area contributed by atoms with Crippen LogP contribution in [0, 0.1) is 45.3 Å². The average Bonchev–Trinajstić information content (AvgIpc) is 3.40. The molecular formula is C18H8N8S2. The van der Waals surface area contributed by atoms with E-state index in [1.807, 2.05) is 35.4 Å². The second-order valence-electron chi connectivity index (χ2n) is 5.78. The molecule has 4 aromatic rings. The van der Waals surface area contributed by atoms with Crippen LogP contribution in [0.5, 0.6) is 0 Å². The molecule has 0 fully saturated rings. The number of thiophene rings is 2. The molecule has 0 saturated carbocycles. The highest BCUT2D eigenvalue weighted by molar-refractivity contribution is 7.32. The maximum absolute atomic E-state index is 8.95. The quantitative estimate of drug-likeness (QED) is 0.467. The third kappa shape index (κ3) is 2.38. The van der Waals surface area contributed by atoms with Gasteiger partial charge in [0.25, 0.3) is 0 Å². The van der Waals surface area contributed by atoms with Gasteiger partial charge in [0.15, 0.2) is 0 Å². The van der Waals surface area contributed by atoms with Crippen molar-refractivity contribution in [2.45, 2.75) is 0 Å². The summed E-state index contributed by atoms with van der Waals surface area (Å²) in [6.45, 7) is 0. The summed E-state index contributed by atoms with van der Waals surface area (Å²) in [4.78, 5) is 8.22. The summed E-state index contributed by atoms with van der Waals surface area (Å²) in [5.74, 6) is 0.545. The molecule has 8 nitrogen and oxygen atoms in total. The van der Waals surface area contributed by atoms with Crippen molar-refractivity contribution in [3.8, 4) is 24.3 Å². The Morgan fingerprint density at radius 1 is 0.821 bits per heavy atom.